The van der Waals surface area contributed by atoms with E-state index in [0.717, 1.165) is 22.4 Å². The molecule has 0 saturated heterocycles. The quantitative estimate of drug-likeness (QED) is 0.745. The second-order valence-corrected chi connectivity index (χ2v) is 5.74. The minimum absolute atomic E-state index is 0.233. The molecule has 3 rings (SSSR count). The van der Waals surface area contributed by atoms with Crippen LogP contribution in [-0.4, -0.2) is 21.2 Å². The van der Waals surface area contributed by atoms with Gasteiger partial charge in [-0.25, -0.2) is 0 Å². The number of aliphatic hydroxyl groups is 1. The zero-order chi connectivity index (χ0) is 16.8. The van der Waals surface area contributed by atoms with Crippen LogP contribution >= 0.6 is 0 Å². The number of pyridine rings is 2. The van der Waals surface area contributed by atoms with Gasteiger partial charge in [0.1, 0.15) is 11.9 Å². The molecule has 0 radical (unpaired) electrons. The van der Waals surface area contributed by atoms with E-state index >= 15 is 0 Å². The first kappa shape index (κ1) is 16.1. The molecule has 0 fully saturated rings. The molecule has 0 amide bonds. The molecule has 4 heteroatoms. The summed E-state index contributed by atoms with van der Waals surface area (Å²) in [5, 5.41) is 9.75. The molecule has 0 spiro atoms. The van der Waals surface area contributed by atoms with Crippen molar-refractivity contribution in [2.75, 3.05) is 0 Å². The fourth-order valence-electron chi connectivity index (χ4n) is 2.55. The third-order valence-corrected chi connectivity index (χ3v) is 3.74. The predicted molar refractivity (Wildman–Crippen MR) is 93.6 cm³/mol. The molecular weight excluding hydrogens is 300 g/mol. The maximum Gasteiger partial charge on any atom is 0.128 e. The second-order valence-electron chi connectivity index (χ2n) is 5.74. The number of aromatic nitrogens is 2. The van der Waals surface area contributed by atoms with E-state index in [0.29, 0.717) is 6.42 Å². The third kappa shape index (κ3) is 4.18. The minimum Gasteiger partial charge on any atom is -0.486 e. The Morgan fingerprint density at radius 2 is 1.62 bits per heavy atom. The van der Waals surface area contributed by atoms with E-state index in [9.17, 15) is 5.11 Å². The van der Waals surface area contributed by atoms with Crippen molar-refractivity contribution < 1.29 is 9.84 Å². The Kier molecular flexibility index (Phi) is 5.18. The first-order chi connectivity index (χ1) is 11.7. The number of benzene rings is 1. The van der Waals surface area contributed by atoms with Gasteiger partial charge in [0.05, 0.1) is 6.10 Å². The van der Waals surface area contributed by atoms with E-state index in [1.165, 1.54) is 0 Å². The Balaban J connectivity index is 1.77. The summed E-state index contributed by atoms with van der Waals surface area (Å²) in [6, 6.07) is 15.7. The number of rotatable bonds is 6. The number of aliphatic hydroxyl groups excluding tert-OH is 1. The highest BCUT2D eigenvalue weighted by Crippen LogP contribution is 2.27. The van der Waals surface area contributed by atoms with Gasteiger partial charge in [-0.05, 0) is 42.3 Å². The summed E-state index contributed by atoms with van der Waals surface area (Å²) >= 11 is 0. The van der Waals surface area contributed by atoms with E-state index in [1.807, 2.05) is 54.7 Å². The molecule has 1 aromatic carbocycles. The summed E-state index contributed by atoms with van der Waals surface area (Å²) in [5.74, 6) is 0.761. The third-order valence-electron chi connectivity index (χ3n) is 3.74. The highest BCUT2D eigenvalue weighted by atomic mass is 16.5. The molecule has 0 aliphatic carbocycles. The van der Waals surface area contributed by atoms with Crippen LogP contribution in [0.5, 0.6) is 5.75 Å². The molecule has 2 atom stereocenters. The van der Waals surface area contributed by atoms with E-state index in [-0.39, 0.29) is 6.10 Å². The summed E-state index contributed by atoms with van der Waals surface area (Å²) in [5.41, 5.74) is 3.11. The van der Waals surface area contributed by atoms with E-state index in [1.54, 1.807) is 25.5 Å². The van der Waals surface area contributed by atoms with Gasteiger partial charge in [-0.2, -0.15) is 0 Å². The van der Waals surface area contributed by atoms with Crippen LogP contribution in [0.2, 0.25) is 0 Å². The highest BCUT2D eigenvalue weighted by molar-refractivity contribution is 5.62. The minimum atomic E-state index is -0.454. The van der Waals surface area contributed by atoms with Crippen LogP contribution in [-0.2, 0) is 0 Å². The predicted octanol–water partition coefficient (Wildman–Crippen LogP) is 4.03. The zero-order valence-electron chi connectivity index (χ0n) is 13.5. The normalized spacial score (nSPS) is 13.2. The van der Waals surface area contributed by atoms with Crippen molar-refractivity contribution in [2.45, 2.75) is 25.6 Å². The van der Waals surface area contributed by atoms with Crippen LogP contribution in [0, 0.1) is 0 Å². The molecular formula is C20H20N2O2. The van der Waals surface area contributed by atoms with Crippen molar-refractivity contribution in [3.63, 3.8) is 0 Å². The molecule has 0 aliphatic rings. The highest BCUT2D eigenvalue weighted by Gasteiger charge is 2.16. The molecule has 1 N–H and O–H groups in total. The van der Waals surface area contributed by atoms with E-state index in [2.05, 4.69) is 9.97 Å². The Morgan fingerprint density at radius 3 is 2.21 bits per heavy atom. The molecule has 0 aliphatic heterocycles. The van der Waals surface area contributed by atoms with Gasteiger partial charge in [-0.1, -0.05) is 24.3 Å². The topological polar surface area (TPSA) is 55.2 Å². The second kappa shape index (κ2) is 7.70. The molecule has 122 valence electrons. The van der Waals surface area contributed by atoms with Crippen LogP contribution in [0.3, 0.4) is 0 Å². The van der Waals surface area contributed by atoms with Crippen molar-refractivity contribution in [2.24, 2.45) is 0 Å². The molecule has 3 aromatic rings. The number of hydrogen-bond acceptors (Lipinski definition) is 4. The largest absolute Gasteiger partial charge is 0.486 e. The fraction of sp³-hybridized carbons (Fsp3) is 0.200. The molecule has 24 heavy (non-hydrogen) atoms. The van der Waals surface area contributed by atoms with Crippen LogP contribution in [0.1, 0.15) is 25.0 Å². The molecule has 2 aromatic heterocycles. The molecule has 0 bridgehead atoms. The average Bonchev–Trinajstić information content (AvgIpc) is 2.63. The lowest BCUT2D eigenvalue weighted by Crippen LogP contribution is -2.14. The zero-order valence-corrected chi connectivity index (χ0v) is 13.5. The maximum atomic E-state index is 9.75. The summed E-state index contributed by atoms with van der Waals surface area (Å²) in [7, 11) is 0. The average molecular weight is 320 g/mol. The molecule has 0 saturated carbocycles. The van der Waals surface area contributed by atoms with Crippen LogP contribution in [0.25, 0.3) is 11.1 Å². The Labute approximate surface area is 141 Å². The Bertz CT molecular complexity index is 744. The van der Waals surface area contributed by atoms with Gasteiger partial charge < -0.3 is 9.84 Å². The lowest BCUT2D eigenvalue weighted by Gasteiger charge is -2.21. The van der Waals surface area contributed by atoms with Crippen molar-refractivity contribution in [3.8, 4) is 16.9 Å². The summed E-state index contributed by atoms with van der Waals surface area (Å²) in [4.78, 5) is 8.28. The van der Waals surface area contributed by atoms with Crippen LogP contribution in [0.4, 0.5) is 0 Å². The van der Waals surface area contributed by atoms with Gasteiger partial charge in [-0.3, -0.25) is 9.97 Å². The number of nitrogens with zero attached hydrogens (tertiary/aromatic N) is 2. The maximum absolute atomic E-state index is 9.75. The van der Waals surface area contributed by atoms with Crippen molar-refractivity contribution in [3.05, 3.63) is 78.9 Å². The lowest BCUT2D eigenvalue weighted by molar-refractivity contribution is 0.106. The smallest absolute Gasteiger partial charge is 0.128 e. The SMILES string of the molecule is CC(O)CC(Oc1ccc(-c2cccnc2)cc1)c1cccnc1. The van der Waals surface area contributed by atoms with Gasteiger partial charge in [0.15, 0.2) is 0 Å². The van der Waals surface area contributed by atoms with Crippen molar-refractivity contribution in [1.82, 2.24) is 9.97 Å². The van der Waals surface area contributed by atoms with E-state index < -0.39 is 6.10 Å². The molecule has 2 unspecified atom stereocenters. The number of ether oxygens (including phenoxy) is 1. The Hall–Kier alpha value is -2.72. The van der Waals surface area contributed by atoms with Gasteiger partial charge in [0.25, 0.3) is 0 Å². The lowest BCUT2D eigenvalue weighted by atomic mass is 10.1. The fourth-order valence-corrected chi connectivity index (χ4v) is 2.55. The van der Waals surface area contributed by atoms with Gasteiger partial charge in [-0.15, -0.1) is 0 Å². The van der Waals surface area contributed by atoms with Crippen molar-refractivity contribution >= 4 is 0 Å². The summed E-state index contributed by atoms with van der Waals surface area (Å²) in [6.07, 6.45) is 6.92. The van der Waals surface area contributed by atoms with Crippen LogP contribution < -0.4 is 4.74 Å². The summed E-state index contributed by atoms with van der Waals surface area (Å²) in [6.45, 7) is 1.76. The Morgan fingerprint density at radius 1 is 0.917 bits per heavy atom. The number of hydrogen-bond donors (Lipinski definition) is 1. The molecule has 2 heterocycles. The van der Waals surface area contributed by atoms with Crippen molar-refractivity contribution in [1.29, 1.82) is 0 Å². The first-order valence-electron chi connectivity index (χ1n) is 7.97. The van der Waals surface area contributed by atoms with Gasteiger partial charge >= 0.3 is 0 Å². The first-order valence-corrected chi connectivity index (χ1v) is 7.97. The van der Waals surface area contributed by atoms with Gasteiger partial charge in [0.2, 0.25) is 0 Å². The summed E-state index contributed by atoms with van der Waals surface area (Å²) < 4.78 is 6.09. The monoisotopic (exact) mass is 320 g/mol. The van der Waals surface area contributed by atoms with Crippen LogP contribution in [0.15, 0.2) is 73.3 Å². The van der Waals surface area contributed by atoms with E-state index in [4.69, 9.17) is 4.74 Å². The van der Waals surface area contributed by atoms with Gasteiger partial charge in [0, 0.05) is 36.8 Å². The standard InChI is InChI=1S/C20H20N2O2/c1-15(23)12-20(18-5-3-11-22-14-18)24-19-8-6-16(7-9-19)17-4-2-10-21-13-17/h2-11,13-15,20,23H,12H2,1H3. The molecule has 4 nitrogen and oxygen atoms in total.